The molecule has 0 fully saturated rings. The van der Waals surface area contributed by atoms with E-state index < -0.39 is 0 Å². The number of rotatable bonds is 2. The number of nitriles is 1. The summed E-state index contributed by atoms with van der Waals surface area (Å²) in [5.41, 5.74) is 3.78. The van der Waals surface area contributed by atoms with E-state index in [1.54, 1.807) is 0 Å². The summed E-state index contributed by atoms with van der Waals surface area (Å²) in [5, 5.41) is 12.0. The normalized spacial score (nSPS) is 11.2. The van der Waals surface area contributed by atoms with Crippen LogP contribution in [0.4, 0.5) is 0 Å². The van der Waals surface area contributed by atoms with Gasteiger partial charge >= 0.3 is 0 Å². The second kappa shape index (κ2) is 4.76. The van der Waals surface area contributed by atoms with Crippen molar-refractivity contribution in [2.24, 2.45) is 0 Å². The number of imidazole rings is 1. The predicted octanol–water partition coefficient (Wildman–Crippen LogP) is 3.75. The maximum atomic E-state index is 8.84. The molecule has 0 aliphatic heterocycles. The summed E-state index contributed by atoms with van der Waals surface area (Å²) >= 11 is 1.19. The molecule has 0 bridgehead atoms. The molecule has 0 amide bonds. The number of nitrogens with zero attached hydrogens (tertiary/aromatic N) is 4. The largest absolute Gasteiger partial charge is 0.279 e. The third-order valence-electron chi connectivity index (χ3n) is 3.48. The highest BCUT2D eigenvalue weighted by molar-refractivity contribution is 8.02. The first kappa shape index (κ1) is 12.2. The first-order valence-corrected chi connectivity index (χ1v) is 7.53. The fourth-order valence-electron chi connectivity index (χ4n) is 2.61. The van der Waals surface area contributed by atoms with E-state index in [1.807, 2.05) is 48.5 Å². The van der Waals surface area contributed by atoms with E-state index >= 15 is 0 Å². The molecule has 100 valence electrons. The molecule has 0 radical (unpaired) electrons. The van der Waals surface area contributed by atoms with Crippen LogP contribution in [0.2, 0.25) is 0 Å². The molecule has 4 nitrogen and oxygen atoms in total. The van der Waals surface area contributed by atoms with Crippen LogP contribution in [-0.2, 0) is 5.75 Å². The van der Waals surface area contributed by atoms with Crippen molar-refractivity contribution in [3.63, 3.8) is 0 Å². The van der Waals surface area contributed by atoms with Crippen molar-refractivity contribution in [2.45, 2.75) is 5.75 Å². The molecule has 0 spiro atoms. The molecule has 0 N–H and O–H groups in total. The number of hydrogen-bond acceptors (Lipinski definition) is 4. The minimum absolute atomic E-state index is 0.540. The lowest BCUT2D eigenvalue weighted by molar-refractivity contribution is 1.02. The molecule has 4 rings (SSSR count). The van der Waals surface area contributed by atoms with Gasteiger partial charge in [-0.25, -0.2) is 9.97 Å². The number of thiocyanates is 1. The van der Waals surface area contributed by atoms with Crippen LogP contribution in [0.15, 0.2) is 48.5 Å². The van der Waals surface area contributed by atoms with Crippen LogP contribution in [0, 0.1) is 10.7 Å². The number of thioether (sulfide) groups is 1. The van der Waals surface area contributed by atoms with Gasteiger partial charge in [-0.2, -0.15) is 5.26 Å². The van der Waals surface area contributed by atoms with Crippen molar-refractivity contribution in [3.05, 3.63) is 54.4 Å². The average molecular weight is 290 g/mol. The van der Waals surface area contributed by atoms with Crippen LogP contribution in [0.5, 0.6) is 0 Å². The predicted molar refractivity (Wildman–Crippen MR) is 84.9 cm³/mol. The minimum atomic E-state index is 0.540. The van der Waals surface area contributed by atoms with Gasteiger partial charge in [0.15, 0.2) is 0 Å². The third-order valence-corrected chi connectivity index (χ3v) is 4.01. The van der Waals surface area contributed by atoms with Gasteiger partial charge in [-0.15, -0.1) is 0 Å². The Morgan fingerprint density at radius 2 is 1.76 bits per heavy atom. The van der Waals surface area contributed by atoms with Gasteiger partial charge in [-0.05, 0) is 36.0 Å². The Morgan fingerprint density at radius 1 is 1.00 bits per heavy atom. The number of aromatic nitrogens is 3. The van der Waals surface area contributed by atoms with Gasteiger partial charge in [0.05, 0.1) is 22.3 Å². The maximum Gasteiger partial charge on any atom is 0.148 e. The molecule has 0 unspecified atom stereocenters. The van der Waals surface area contributed by atoms with Crippen molar-refractivity contribution in [3.8, 4) is 5.40 Å². The molecule has 2 heterocycles. The van der Waals surface area contributed by atoms with Crippen LogP contribution >= 0.6 is 11.8 Å². The minimum Gasteiger partial charge on any atom is -0.279 e. The zero-order valence-electron chi connectivity index (χ0n) is 11.0. The van der Waals surface area contributed by atoms with Crippen LogP contribution < -0.4 is 0 Å². The van der Waals surface area contributed by atoms with E-state index in [2.05, 4.69) is 9.80 Å². The molecule has 2 aromatic carbocycles. The Kier molecular flexibility index (Phi) is 2.76. The van der Waals surface area contributed by atoms with Gasteiger partial charge in [-0.1, -0.05) is 24.3 Å². The summed E-state index contributed by atoms with van der Waals surface area (Å²) in [6.45, 7) is 0. The zero-order chi connectivity index (χ0) is 14.2. The lowest BCUT2D eigenvalue weighted by Crippen LogP contribution is -2.00. The maximum absolute atomic E-state index is 8.84. The molecule has 0 saturated heterocycles. The van der Waals surface area contributed by atoms with Gasteiger partial charge in [0.1, 0.15) is 16.9 Å². The summed E-state index contributed by atoms with van der Waals surface area (Å²) < 4.78 is 2.06. The van der Waals surface area contributed by atoms with Gasteiger partial charge in [-0.3, -0.25) is 4.40 Å². The molecule has 0 aliphatic carbocycles. The van der Waals surface area contributed by atoms with E-state index in [0.717, 1.165) is 33.4 Å². The highest BCUT2D eigenvalue weighted by Gasteiger charge is 2.13. The Bertz CT molecular complexity index is 1010. The molecule has 0 atom stereocenters. The lowest BCUT2D eigenvalue weighted by atomic mass is 10.2. The fourth-order valence-corrected chi connectivity index (χ4v) is 3.00. The van der Waals surface area contributed by atoms with E-state index in [0.29, 0.717) is 5.75 Å². The van der Waals surface area contributed by atoms with Gasteiger partial charge in [0.2, 0.25) is 0 Å². The number of benzene rings is 2. The first-order chi connectivity index (χ1) is 10.4. The third kappa shape index (κ3) is 1.84. The quantitative estimate of drug-likeness (QED) is 0.528. The SMILES string of the molecule is N#CSCc1nc2ccccc2c2nc3ccccc3n12. The van der Waals surface area contributed by atoms with E-state index in [9.17, 15) is 0 Å². The lowest BCUT2D eigenvalue weighted by Gasteiger charge is -2.06. The van der Waals surface area contributed by atoms with Crippen molar-refractivity contribution >= 4 is 39.3 Å². The molecule has 0 saturated carbocycles. The van der Waals surface area contributed by atoms with Gasteiger partial charge in [0, 0.05) is 5.39 Å². The first-order valence-electron chi connectivity index (χ1n) is 6.54. The summed E-state index contributed by atoms with van der Waals surface area (Å²) in [4.78, 5) is 9.46. The Labute approximate surface area is 125 Å². The van der Waals surface area contributed by atoms with Gasteiger partial charge in [0.25, 0.3) is 0 Å². The van der Waals surface area contributed by atoms with Crippen LogP contribution in [0.25, 0.3) is 27.6 Å². The summed E-state index contributed by atoms with van der Waals surface area (Å²) in [6, 6.07) is 16.0. The molecular formula is C16H10N4S. The second-order valence-corrected chi connectivity index (χ2v) is 5.44. The highest BCUT2D eigenvalue weighted by Crippen LogP contribution is 2.25. The van der Waals surface area contributed by atoms with Gasteiger partial charge < -0.3 is 0 Å². The molecule has 5 heteroatoms. The van der Waals surface area contributed by atoms with Crippen LogP contribution in [0.3, 0.4) is 0 Å². The number of hydrogen-bond donors (Lipinski definition) is 0. The van der Waals surface area contributed by atoms with Crippen molar-refractivity contribution in [1.29, 1.82) is 5.26 Å². The highest BCUT2D eigenvalue weighted by atomic mass is 32.2. The topological polar surface area (TPSA) is 54.0 Å². The summed E-state index contributed by atoms with van der Waals surface area (Å²) in [5.74, 6) is 1.39. The van der Waals surface area contributed by atoms with Crippen LogP contribution in [0.1, 0.15) is 5.82 Å². The summed E-state index contributed by atoms with van der Waals surface area (Å²) in [6.07, 6.45) is 0. The number of fused-ring (bicyclic) bond motifs is 5. The summed E-state index contributed by atoms with van der Waals surface area (Å²) in [7, 11) is 0. The second-order valence-electron chi connectivity index (χ2n) is 4.68. The molecule has 0 aliphatic rings. The monoisotopic (exact) mass is 290 g/mol. The molecule has 21 heavy (non-hydrogen) atoms. The van der Waals surface area contributed by atoms with Crippen molar-refractivity contribution < 1.29 is 0 Å². The zero-order valence-corrected chi connectivity index (χ0v) is 11.8. The Balaban J connectivity index is 2.19. The Hall–Kier alpha value is -2.58. The van der Waals surface area contributed by atoms with E-state index in [-0.39, 0.29) is 0 Å². The molecule has 4 aromatic rings. The number of para-hydroxylation sites is 3. The van der Waals surface area contributed by atoms with E-state index in [1.165, 1.54) is 11.8 Å². The smallest absolute Gasteiger partial charge is 0.148 e. The Morgan fingerprint density at radius 3 is 2.62 bits per heavy atom. The van der Waals surface area contributed by atoms with E-state index in [4.69, 9.17) is 15.2 Å². The average Bonchev–Trinajstić information content (AvgIpc) is 2.92. The fraction of sp³-hybridized carbons (Fsp3) is 0.0625. The molecule has 2 aromatic heterocycles. The van der Waals surface area contributed by atoms with Crippen molar-refractivity contribution in [1.82, 2.24) is 14.4 Å². The standard InChI is InChI=1S/C16H10N4S/c17-10-21-9-15-18-12-6-2-1-5-11(12)16-19-13-7-3-4-8-14(13)20(15)16/h1-8H,9H2. The van der Waals surface area contributed by atoms with Crippen LogP contribution in [-0.4, -0.2) is 14.4 Å². The van der Waals surface area contributed by atoms with Crippen molar-refractivity contribution in [2.75, 3.05) is 0 Å². The molecular weight excluding hydrogens is 280 g/mol.